The summed E-state index contributed by atoms with van der Waals surface area (Å²) in [7, 11) is 0. The highest BCUT2D eigenvalue weighted by Gasteiger charge is 2.17. The molecule has 2 aromatic rings. The van der Waals surface area contributed by atoms with E-state index in [9.17, 15) is 14.4 Å². The molecule has 9 nitrogen and oxygen atoms in total. The molecule has 25 heavy (non-hydrogen) atoms. The normalized spacial score (nSPS) is 10.1. The molecule has 3 N–H and O–H groups in total. The lowest BCUT2D eigenvalue weighted by Crippen LogP contribution is -2.27. The molecule has 0 bridgehead atoms. The van der Waals surface area contributed by atoms with Crippen LogP contribution < -0.4 is 10.6 Å². The second kappa shape index (κ2) is 9.16. The van der Waals surface area contributed by atoms with E-state index >= 15 is 0 Å². The molecular weight excluding hydrogens is 326 g/mol. The van der Waals surface area contributed by atoms with Gasteiger partial charge in [-0.1, -0.05) is 6.07 Å². The van der Waals surface area contributed by atoms with Crippen LogP contribution in [0.5, 0.6) is 0 Å². The van der Waals surface area contributed by atoms with Crippen LogP contribution in [0.25, 0.3) is 0 Å². The maximum Gasteiger partial charge on any atom is 0.305 e. The number of H-pyrrole nitrogens is 1. The van der Waals surface area contributed by atoms with Gasteiger partial charge in [0.05, 0.1) is 12.3 Å². The lowest BCUT2D eigenvalue weighted by molar-refractivity contribution is -0.143. The van der Waals surface area contributed by atoms with Gasteiger partial charge in [0.15, 0.2) is 5.69 Å². The van der Waals surface area contributed by atoms with Crippen LogP contribution in [0.15, 0.2) is 30.6 Å². The Morgan fingerprint density at radius 3 is 2.80 bits per heavy atom. The number of nitrogens with one attached hydrogen (secondary N) is 3. The molecule has 0 aliphatic rings. The lowest BCUT2D eigenvalue weighted by atomic mass is 10.3. The summed E-state index contributed by atoms with van der Waals surface area (Å²) in [6.07, 6.45) is 3.58. The van der Waals surface area contributed by atoms with E-state index in [2.05, 4.69) is 25.8 Å². The molecule has 132 valence electrons. The first-order valence-electron chi connectivity index (χ1n) is 7.81. The zero-order chi connectivity index (χ0) is 18.1. The van der Waals surface area contributed by atoms with E-state index in [4.69, 9.17) is 4.74 Å². The van der Waals surface area contributed by atoms with Crippen molar-refractivity contribution in [2.45, 2.75) is 19.8 Å². The van der Waals surface area contributed by atoms with Crippen LogP contribution in [-0.4, -0.2) is 46.1 Å². The molecule has 0 saturated carbocycles. The third kappa shape index (κ3) is 5.41. The van der Waals surface area contributed by atoms with Gasteiger partial charge >= 0.3 is 5.97 Å². The predicted octanol–water partition coefficient (Wildman–Crippen LogP) is 1.13. The summed E-state index contributed by atoms with van der Waals surface area (Å²) in [5.74, 6) is -1.21. The summed E-state index contributed by atoms with van der Waals surface area (Å²) in [5, 5.41) is 11.6. The number of nitrogens with zero attached hydrogens (tertiary/aromatic N) is 2. The first-order chi connectivity index (χ1) is 12.1. The number of aromatic nitrogens is 3. The molecule has 2 rings (SSSR count). The Morgan fingerprint density at radius 1 is 1.24 bits per heavy atom. The predicted molar refractivity (Wildman–Crippen MR) is 89.0 cm³/mol. The van der Waals surface area contributed by atoms with Crippen molar-refractivity contribution in [1.29, 1.82) is 0 Å². The van der Waals surface area contributed by atoms with Crippen molar-refractivity contribution in [3.63, 3.8) is 0 Å². The summed E-state index contributed by atoms with van der Waals surface area (Å²) in [6, 6.07) is 4.95. The molecule has 2 heterocycles. The number of ether oxygens (including phenoxy) is 1. The van der Waals surface area contributed by atoms with Crippen molar-refractivity contribution in [2.24, 2.45) is 0 Å². The highest BCUT2D eigenvalue weighted by atomic mass is 16.5. The summed E-state index contributed by atoms with van der Waals surface area (Å²) in [6.45, 7) is 2.36. The van der Waals surface area contributed by atoms with Crippen LogP contribution in [0.3, 0.4) is 0 Å². The number of anilines is 1. The Hall–Kier alpha value is -3.23. The van der Waals surface area contributed by atoms with Gasteiger partial charge in [-0.3, -0.25) is 24.5 Å². The number of pyridine rings is 1. The quantitative estimate of drug-likeness (QED) is 0.486. The standard InChI is InChI=1S/C16H19N5O4/c1-2-25-13(22)7-5-9-18-16(24)14-12(10-19-21-14)20-15(23)11-6-3-4-8-17-11/h3-4,6,8,10H,2,5,7,9H2,1H3,(H,18,24)(H,19,21)(H,20,23). The van der Waals surface area contributed by atoms with E-state index < -0.39 is 11.8 Å². The molecule has 0 atom stereocenters. The average molecular weight is 345 g/mol. The van der Waals surface area contributed by atoms with Gasteiger partial charge in [-0.05, 0) is 25.5 Å². The van der Waals surface area contributed by atoms with Crippen LogP contribution >= 0.6 is 0 Å². The third-order valence-corrected chi connectivity index (χ3v) is 3.15. The second-order valence-corrected chi connectivity index (χ2v) is 4.98. The van der Waals surface area contributed by atoms with Crippen LogP contribution in [0.2, 0.25) is 0 Å². The van der Waals surface area contributed by atoms with E-state index in [1.54, 1.807) is 25.1 Å². The maximum absolute atomic E-state index is 12.1. The lowest BCUT2D eigenvalue weighted by Gasteiger charge is -2.06. The molecule has 0 saturated heterocycles. The van der Waals surface area contributed by atoms with Crippen molar-refractivity contribution in [1.82, 2.24) is 20.5 Å². The molecule has 0 radical (unpaired) electrons. The SMILES string of the molecule is CCOC(=O)CCCNC(=O)c1n[nH]cc1NC(=O)c1ccccn1. The fraction of sp³-hybridized carbons (Fsp3) is 0.312. The Morgan fingerprint density at radius 2 is 2.08 bits per heavy atom. The summed E-state index contributed by atoms with van der Waals surface area (Å²) in [5.41, 5.74) is 0.531. The Kier molecular flexibility index (Phi) is 6.64. The average Bonchev–Trinajstić information content (AvgIpc) is 3.07. The minimum absolute atomic E-state index is 0.0559. The zero-order valence-corrected chi connectivity index (χ0v) is 13.7. The molecule has 0 spiro atoms. The van der Waals surface area contributed by atoms with Gasteiger partial charge in [0, 0.05) is 25.4 Å². The van der Waals surface area contributed by atoms with Crippen LogP contribution in [0, 0.1) is 0 Å². The van der Waals surface area contributed by atoms with E-state index in [1.807, 2.05) is 0 Å². The molecule has 2 amide bonds. The van der Waals surface area contributed by atoms with Gasteiger partial charge in [-0.15, -0.1) is 0 Å². The molecule has 0 aliphatic carbocycles. The maximum atomic E-state index is 12.1. The topological polar surface area (TPSA) is 126 Å². The third-order valence-electron chi connectivity index (χ3n) is 3.15. The van der Waals surface area contributed by atoms with Gasteiger partial charge < -0.3 is 15.4 Å². The van der Waals surface area contributed by atoms with Crippen LogP contribution in [0.1, 0.15) is 40.7 Å². The van der Waals surface area contributed by atoms with E-state index in [0.717, 1.165) is 0 Å². The Labute approximate surface area is 144 Å². The van der Waals surface area contributed by atoms with Gasteiger partial charge in [0.25, 0.3) is 11.8 Å². The smallest absolute Gasteiger partial charge is 0.305 e. The van der Waals surface area contributed by atoms with Gasteiger partial charge in [-0.25, -0.2) is 0 Å². The van der Waals surface area contributed by atoms with Gasteiger partial charge in [0.2, 0.25) is 0 Å². The van der Waals surface area contributed by atoms with Crippen LogP contribution in [0.4, 0.5) is 5.69 Å². The van der Waals surface area contributed by atoms with Crippen LogP contribution in [-0.2, 0) is 9.53 Å². The number of hydrogen-bond donors (Lipinski definition) is 3. The Balaban J connectivity index is 1.86. The van der Waals surface area contributed by atoms with Crippen molar-refractivity contribution in [3.8, 4) is 0 Å². The summed E-state index contributed by atoms with van der Waals surface area (Å²) >= 11 is 0. The number of esters is 1. The number of carbonyl (C=O) groups is 3. The van der Waals surface area contributed by atoms with Gasteiger partial charge in [0.1, 0.15) is 5.69 Å². The minimum Gasteiger partial charge on any atom is -0.466 e. The molecule has 0 fully saturated rings. The number of hydrogen-bond acceptors (Lipinski definition) is 6. The van der Waals surface area contributed by atoms with E-state index in [0.29, 0.717) is 13.0 Å². The van der Waals surface area contributed by atoms with Crippen molar-refractivity contribution >= 4 is 23.5 Å². The monoisotopic (exact) mass is 345 g/mol. The molecule has 0 unspecified atom stereocenters. The molecule has 0 aliphatic heterocycles. The molecular formula is C16H19N5O4. The highest BCUT2D eigenvalue weighted by molar-refractivity contribution is 6.07. The van der Waals surface area contributed by atoms with Crippen molar-refractivity contribution in [2.75, 3.05) is 18.5 Å². The molecule has 9 heteroatoms. The first-order valence-corrected chi connectivity index (χ1v) is 7.81. The fourth-order valence-electron chi connectivity index (χ4n) is 1.99. The first kappa shape index (κ1) is 18.1. The summed E-state index contributed by atoms with van der Waals surface area (Å²) in [4.78, 5) is 39.4. The molecule has 2 aromatic heterocycles. The number of rotatable bonds is 8. The molecule has 0 aromatic carbocycles. The van der Waals surface area contributed by atoms with E-state index in [-0.39, 0.29) is 36.0 Å². The highest BCUT2D eigenvalue weighted by Crippen LogP contribution is 2.12. The largest absolute Gasteiger partial charge is 0.466 e. The van der Waals surface area contributed by atoms with Gasteiger partial charge in [-0.2, -0.15) is 5.10 Å². The van der Waals surface area contributed by atoms with Crippen molar-refractivity contribution < 1.29 is 19.1 Å². The zero-order valence-electron chi connectivity index (χ0n) is 13.7. The minimum atomic E-state index is -0.457. The number of amides is 2. The van der Waals surface area contributed by atoms with Crippen molar-refractivity contribution in [3.05, 3.63) is 42.0 Å². The number of carbonyl (C=O) groups excluding carboxylic acids is 3. The number of aromatic amines is 1. The summed E-state index contributed by atoms with van der Waals surface area (Å²) < 4.78 is 4.80. The second-order valence-electron chi connectivity index (χ2n) is 4.98. The Bertz CT molecular complexity index is 729. The van der Waals surface area contributed by atoms with E-state index in [1.165, 1.54) is 12.4 Å². The fourth-order valence-corrected chi connectivity index (χ4v) is 1.99.